The van der Waals surface area contributed by atoms with E-state index in [1.807, 2.05) is 17.5 Å². The first-order valence-electron chi connectivity index (χ1n) is 5.49. The maximum atomic E-state index is 5.34. The highest BCUT2D eigenvalue weighted by atomic mass is 32.1. The fraction of sp³-hybridized carbons (Fsp3) is 0.167. The van der Waals surface area contributed by atoms with Gasteiger partial charge in [-0.2, -0.15) is 0 Å². The summed E-state index contributed by atoms with van der Waals surface area (Å²) in [5.41, 5.74) is 0.826. The highest BCUT2D eigenvalue weighted by Crippen LogP contribution is 2.37. The lowest BCUT2D eigenvalue weighted by Gasteiger charge is -2.03. The van der Waals surface area contributed by atoms with Crippen LogP contribution >= 0.6 is 22.7 Å². The molecule has 0 spiro atoms. The Balaban J connectivity index is 2.04. The molecule has 0 atom stereocenters. The molecule has 19 heavy (non-hydrogen) atoms. The van der Waals surface area contributed by atoms with Crippen molar-refractivity contribution in [3.05, 3.63) is 23.7 Å². The van der Waals surface area contributed by atoms with Crippen molar-refractivity contribution >= 4 is 43.2 Å². The minimum atomic E-state index is 0.706. The highest BCUT2D eigenvalue weighted by molar-refractivity contribution is 7.22. The second kappa shape index (κ2) is 5.02. The summed E-state index contributed by atoms with van der Waals surface area (Å²) in [5.74, 6) is 1.46. The number of nitrogens with one attached hydrogen (secondary N) is 1. The number of fused-ring (bicyclic) bond motifs is 1. The van der Waals surface area contributed by atoms with Gasteiger partial charge >= 0.3 is 0 Å². The summed E-state index contributed by atoms with van der Waals surface area (Å²) in [4.78, 5) is 8.70. The van der Waals surface area contributed by atoms with Crippen molar-refractivity contribution in [1.29, 1.82) is 0 Å². The van der Waals surface area contributed by atoms with Crippen molar-refractivity contribution in [3.8, 4) is 11.5 Å². The van der Waals surface area contributed by atoms with Crippen molar-refractivity contribution < 1.29 is 9.47 Å². The number of nitrogens with zero attached hydrogens (tertiary/aromatic N) is 2. The second-order valence-electron chi connectivity index (χ2n) is 3.66. The lowest BCUT2D eigenvalue weighted by atomic mass is 10.3. The van der Waals surface area contributed by atoms with Gasteiger partial charge in [0.25, 0.3) is 0 Å². The maximum absolute atomic E-state index is 5.34. The number of benzene rings is 1. The molecular formula is C12H11N3O2S2. The van der Waals surface area contributed by atoms with Crippen LogP contribution in [0.2, 0.25) is 0 Å². The Hall–Kier alpha value is -1.86. The smallest absolute Gasteiger partial charge is 0.190 e. The first-order valence-corrected chi connectivity index (χ1v) is 7.19. The summed E-state index contributed by atoms with van der Waals surface area (Å²) in [6.45, 7) is 0. The van der Waals surface area contributed by atoms with Crippen molar-refractivity contribution in [2.75, 3.05) is 19.5 Å². The lowest BCUT2D eigenvalue weighted by molar-refractivity contribution is 0.397. The van der Waals surface area contributed by atoms with Gasteiger partial charge in [-0.15, -0.1) is 11.3 Å². The minimum Gasteiger partial charge on any atom is -0.497 e. The third kappa shape index (κ3) is 2.34. The van der Waals surface area contributed by atoms with Crippen LogP contribution in [0.1, 0.15) is 0 Å². The SMILES string of the molecule is COc1cc(OC)c2nc(Nc3nccs3)sc2c1. The van der Waals surface area contributed by atoms with Crippen molar-refractivity contribution in [1.82, 2.24) is 9.97 Å². The molecule has 0 aliphatic rings. The van der Waals surface area contributed by atoms with Crippen LogP contribution in [0.5, 0.6) is 11.5 Å². The number of hydrogen-bond donors (Lipinski definition) is 1. The molecule has 0 saturated heterocycles. The number of thiazole rings is 2. The van der Waals surface area contributed by atoms with Crippen molar-refractivity contribution in [2.45, 2.75) is 0 Å². The number of anilines is 2. The van der Waals surface area contributed by atoms with Crippen LogP contribution in [-0.2, 0) is 0 Å². The molecular weight excluding hydrogens is 282 g/mol. The third-order valence-corrected chi connectivity index (χ3v) is 4.14. The molecule has 0 unspecified atom stereocenters. The van der Waals surface area contributed by atoms with Gasteiger partial charge in [0.15, 0.2) is 10.3 Å². The summed E-state index contributed by atoms with van der Waals surface area (Å²) >= 11 is 3.07. The van der Waals surface area contributed by atoms with Crippen LogP contribution in [0.15, 0.2) is 23.7 Å². The molecule has 1 aromatic carbocycles. The Morgan fingerprint density at radius 1 is 1.16 bits per heavy atom. The van der Waals surface area contributed by atoms with Crippen LogP contribution in [0.25, 0.3) is 10.2 Å². The van der Waals surface area contributed by atoms with Gasteiger partial charge in [-0.05, 0) is 6.07 Å². The molecule has 2 heterocycles. The Kier molecular flexibility index (Phi) is 3.22. The summed E-state index contributed by atoms with van der Waals surface area (Å²) in [6.07, 6.45) is 1.75. The molecule has 2 aromatic heterocycles. The quantitative estimate of drug-likeness (QED) is 0.797. The average Bonchev–Trinajstić information content (AvgIpc) is 3.06. The Labute approximate surface area is 117 Å². The Bertz CT molecular complexity index is 694. The molecule has 0 aliphatic heterocycles. The van der Waals surface area contributed by atoms with Crippen molar-refractivity contribution in [3.63, 3.8) is 0 Å². The van der Waals surface area contributed by atoms with E-state index in [4.69, 9.17) is 9.47 Å². The van der Waals surface area contributed by atoms with E-state index < -0.39 is 0 Å². The first kappa shape index (κ1) is 12.2. The molecule has 0 aliphatic carbocycles. The van der Waals surface area contributed by atoms with Crippen LogP contribution in [0, 0.1) is 0 Å². The summed E-state index contributed by atoms with van der Waals surface area (Å²) in [5, 5.41) is 6.71. The normalized spacial score (nSPS) is 10.6. The summed E-state index contributed by atoms with van der Waals surface area (Å²) in [6, 6.07) is 3.78. The fourth-order valence-corrected chi connectivity index (χ4v) is 3.18. The van der Waals surface area contributed by atoms with Crippen molar-refractivity contribution in [2.24, 2.45) is 0 Å². The van der Waals surface area contributed by atoms with E-state index in [9.17, 15) is 0 Å². The number of hydrogen-bond acceptors (Lipinski definition) is 7. The van der Waals surface area contributed by atoms with E-state index in [1.54, 1.807) is 20.4 Å². The van der Waals surface area contributed by atoms with Crippen LogP contribution in [-0.4, -0.2) is 24.2 Å². The molecule has 3 rings (SSSR count). The molecule has 0 amide bonds. The topological polar surface area (TPSA) is 56.3 Å². The predicted molar refractivity (Wildman–Crippen MR) is 78.1 cm³/mol. The van der Waals surface area contributed by atoms with Gasteiger partial charge in [0.05, 0.1) is 18.9 Å². The zero-order valence-electron chi connectivity index (χ0n) is 10.3. The van der Waals surface area contributed by atoms with Gasteiger partial charge in [-0.1, -0.05) is 11.3 Å². The van der Waals surface area contributed by atoms with Gasteiger partial charge in [0.1, 0.15) is 17.0 Å². The molecule has 1 N–H and O–H groups in total. The molecule has 3 aromatic rings. The molecule has 0 fully saturated rings. The van der Waals surface area contributed by atoms with E-state index in [0.717, 1.165) is 26.2 Å². The van der Waals surface area contributed by atoms with E-state index in [0.29, 0.717) is 5.75 Å². The molecule has 5 nitrogen and oxygen atoms in total. The van der Waals surface area contributed by atoms with Gasteiger partial charge < -0.3 is 14.8 Å². The first-order chi connectivity index (χ1) is 9.30. The predicted octanol–water partition coefficient (Wildman–Crippen LogP) is 3.51. The van der Waals surface area contributed by atoms with E-state index in [1.165, 1.54) is 22.7 Å². The molecule has 0 radical (unpaired) electrons. The number of methoxy groups -OCH3 is 2. The van der Waals surface area contributed by atoms with Crippen LogP contribution in [0.3, 0.4) is 0 Å². The average molecular weight is 293 g/mol. The monoisotopic (exact) mass is 293 g/mol. The van der Waals surface area contributed by atoms with Gasteiger partial charge in [0, 0.05) is 17.6 Å². The van der Waals surface area contributed by atoms with Gasteiger partial charge in [0.2, 0.25) is 0 Å². The summed E-state index contributed by atoms with van der Waals surface area (Å²) < 4.78 is 11.6. The van der Waals surface area contributed by atoms with E-state index in [-0.39, 0.29) is 0 Å². The maximum Gasteiger partial charge on any atom is 0.190 e. The zero-order chi connectivity index (χ0) is 13.2. The lowest BCUT2D eigenvalue weighted by Crippen LogP contribution is -1.89. The van der Waals surface area contributed by atoms with Crippen LogP contribution < -0.4 is 14.8 Å². The molecule has 7 heteroatoms. The van der Waals surface area contributed by atoms with Gasteiger partial charge in [-0.3, -0.25) is 0 Å². The minimum absolute atomic E-state index is 0.706. The fourth-order valence-electron chi connectivity index (χ4n) is 1.68. The highest BCUT2D eigenvalue weighted by Gasteiger charge is 2.12. The third-order valence-electron chi connectivity index (χ3n) is 2.54. The largest absolute Gasteiger partial charge is 0.497 e. The standard InChI is InChI=1S/C12H11N3O2S2/c1-16-7-5-8(17-2)10-9(6-7)19-12(14-10)15-11-13-3-4-18-11/h3-6H,1-2H3,(H,13,14,15). The number of ether oxygens (including phenoxy) is 2. The molecule has 0 bridgehead atoms. The zero-order valence-corrected chi connectivity index (χ0v) is 12.0. The number of aromatic nitrogens is 2. The molecule has 98 valence electrons. The number of rotatable bonds is 4. The second-order valence-corrected chi connectivity index (χ2v) is 5.58. The van der Waals surface area contributed by atoms with E-state index >= 15 is 0 Å². The Morgan fingerprint density at radius 3 is 2.74 bits per heavy atom. The van der Waals surface area contributed by atoms with E-state index in [2.05, 4.69) is 15.3 Å². The summed E-state index contributed by atoms with van der Waals surface area (Å²) in [7, 11) is 3.26. The molecule has 0 saturated carbocycles. The Morgan fingerprint density at radius 2 is 2.05 bits per heavy atom. The van der Waals surface area contributed by atoms with Gasteiger partial charge in [-0.25, -0.2) is 9.97 Å². The van der Waals surface area contributed by atoms with Crippen LogP contribution in [0.4, 0.5) is 10.3 Å².